The average Bonchev–Trinajstić information content (AvgIpc) is 3.09. The zero-order chi connectivity index (χ0) is 17.6. The van der Waals surface area contributed by atoms with E-state index in [4.69, 9.17) is 9.84 Å². The normalized spacial score (nSPS) is 19.5. The molecule has 2 aromatic rings. The van der Waals surface area contributed by atoms with E-state index in [1.165, 1.54) is 12.1 Å². The highest BCUT2D eigenvalue weighted by molar-refractivity contribution is 5.88. The fourth-order valence-electron chi connectivity index (χ4n) is 3.16. The maximum absolute atomic E-state index is 12.2. The van der Waals surface area contributed by atoms with Crippen molar-refractivity contribution in [3.8, 4) is 0 Å². The lowest BCUT2D eigenvalue weighted by molar-refractivity contribution is -0.120. The first kappa shape index (κ1) is 17.2. The summed E-state index contributed by atoms with van der Waals surface area (Å²) in [7, 11) is 0. The van der Waals surface area contributed by atoms with E-state index in [2.05, 4.69) is 5.32 Å². The molecule has 1 saturated heterocycles. The number of rotatable bonds is 6. The van der Waals surface area contributed by atoms with E-state index in [-0.39, 0.29) is 29.9 Å². The van der Waals surface area contributed by atoms with Gasteiger partial charge in [-0.2, -0.15) is 0 Å². The molecule has 0 radical (unpaired) electrons. The minimum Gasteiger partial charge on any atom is -0.478 e. The highest BCUT2D eigenvalue weighted by atomic mass is 16.5. The molecule has 25 heavy (non-hydrogen) atoms. The number of aromatic carboxylic acids is 1. The van der Waals surface area contributed by atoms with Gasteiger partial charge in [-0.1, -0.05) is 42.5 Å². The van der Waals surface area contributed by atoms with Crippen molar-refractivity contribution in [3.63, 3.8) is 0 Å². The molecule has 1 heterocycles. The molecule has 1 amide bonds. The summed E-state index contributed by atoms with van der Waals surface area (Å²) in [6, 6.07) is 16.5. The van der Waals surface area contributed by atoms with E-state index in [9.17, 15) is 9.59 Å². The highest BCUT2D eigenvalue weighted by Crippen LogP contribution is 2.33. The van der Waals surface area contributed by atoms with Crippen molar-refractivity contribution in [2.45, 2.75) is 18.9 Å². The van der Waals surface area contributed by atoms with Crippen molar-refractivity contribution in [2.75, 3.05) is 13.2 Å². The summed E-state index contributed by atoms with van der Waals surface area (Å²) in [5.41, 5.74) is 2.02. The Hall–Kier alpha value is -2.66. The Balaban J connectivity index is 1.55. The molecule has 1 aliphatic rings. The monoisotopic (exact) mass is 339 g/mol. The number of hydrogen-bond donors (Lipinski definition) is 2. The minimum atomic E-state index is -0.990. The van der Waals surface area contributed by atoms with E-state index in [1.54, 1.807) is 12.1 Å². The van der Waals surface area contributed by atoms with Crippen LogP contribution in [0.15, 0.2) is 54.6 Å². The fraction of sp³-hybridized carbons (Fsp3) is 0.300. The summed E-state index contributed by atoms with van der Waals surface area (Å²) in [6.07, 6.45) is 1.09. The van der Waals surface area contributed by atoms with Gasteiger partial charge in [0.15, 0.2) is 0 Å². The van der Waals surface area contributed by atoms with Crippen LogP contribution in [0.2, 0.25) is 0 Å². The van der Waals surface area contributed by atoms with Gasteiger partial charge in [0.2, 0.25) is 5.91 Å². The van der Waals surface area contributed by atoms with Crippen LogP contribution in [0.1, 0.15) is 34.0 Å². The van der Waals surface area contributed by atoms with Crippen LogP contribution in [0.3, 0.4) is 0 Å². The third-order valence-electron chi connectivity index (χ3n) is 4.44. The van der Waals surface area contributed by atoms with E-state index < -0.39 is 5.97 Å². The predicted molar refractivity (Wildman–Crippen MR) is 93.4 cm³/mol. The van der Waals surface area contributed by atoms with Gasteiger partial charge in [0.05, 0.1) is 18.1 Å². The lowest BCUT2D eigenvalue weighted by Crippen LogP contribution is -2.31. The number of benzene rings is 2. The van der Waals surface area contributed by atoms with Gasteiger partial charge in [-0.25, -0.2) is 4.79 Å². The number of carboxylic acids is 1. The van der Waals surface area contributed by atoms with Gasteiger partial charge in [0.1, 0.15) is 0 Å². The zero-order valence-corrected chi connectivity index (χ0v) is 13.9. The van der Waals surface area contributed by atoms with E-state index >= 15 is 0 Å². The van der Waals surface area contributed by atoms with Crippen molar-refractivity contribution in [2.24, 2.45) is 5.92 Å². The van der Waals surface area contributed by atoms with Crippen LogP contribution in [-0.4, -0.2) is 30.1 Å². The molecular formula is C20H21NO4. The van der Waals surface area contributed by atoms with Crippen molar-refractivity contribution < 1.29 is 19.4 Å². The number of amides is 1. The Kier molecular flexibility index (Phi) is 5.46. The van der Waals surface area contributed by atoms with Gasteiger partial charge in [-0.3, -0.25) is 4.79 Å². The van der Waals surface area contributed by atoms with Gasteiger partial charge < -0.3 is 15.2 Å². The second-order valence-corrected chi connectivity index (χ2v) is 6.24. The van der Waals surface area contributed by atoms with E-state index in [0.717, 1.165) is 12.0 Å². The summed E-state index contributed by atoms with van der Waals surface area (Å²) in [6.45, 7) is 1.25. The average molecular weight is 339 g/mol. The van der Waals surface area contributed by atoms with Gasteiger partial charge >= 0.3 is 5.97 Å². The van der Waals surface area contributed by atoms with Crippen LogP contribution in [0.25, 0.3) is 0 Å². The van der Waals surface area contributed by atoms with Crippen LogP contribution in [0.4, 0.5) is 0 Å². The summed E-state index contributed by atoms with van der Waals surface area (Å²) < 4.78 is 5.83. The first-order chi connectivity index (χ1) is 12.1. The van der Waals surface area contributed by atoms with Crippen LogP contribution in [-0.2, 0) is 16.0 Å². The quantitative estimate of drug-likeness (QED) is 0.848. The molecule has 130 valence electrons. The second-order valence-electron chi connectivity index (χ2n) is 6.24. The molecule has 0 aromatic heterocycles. The highest BCUT2D eigenvalue weighted by Gasteiger charge is 2.29. The number of hydrogen-bond acceptors (Lipinski definition) is 3. The standard InChI is InChI=1S/C20H21NO4/c22-18(12-14-5-4-8-16(11-14)20(23)24)21-13-17-9-10-25-19(17)15-6-2-1-3-7-15/h1-8,11,17,19H,9-10,12-13H2,(H,21,22)(H,23,24)/t17-,19-/m1/s1. The SMILES string of the molecule is O=C(Cc1cccc(C(=O)O)c1)NC[C@H]1CCO[C@@H]1c1ccccc1. The Morgan fingerprint density at radius 3 is 2.68 bits per heavy atom. The smallest absolute Gasteiger partial charge is 0.335 e. The minimum absolute atomic E-state index is 0.0110. The first-order valence-electron chi connectivity index (χ1n) is 8.39. The Labute approximate surface area is 146 Å². The Bertz CT molecular complexity index is 744. The number of ether oxygens (including phenoxy) is 1. The van der Waals surface area contributed by atoms with E-state index in [1.807, 2.05) is 30.3 Å². The molecule has 2 aromatic carbocycles. The van der Waals surface area contributed by atoms with Gasteiger partial charge in [-0.05, 0) is 29.7 Å². The number of nitrogens with one attached hydrogen (secondary N) is 1. The number of carbonyl (C=O) groups is 2. The van der Waals surface area contributed by atoms with Crippen LogP contribution in [0, 0.1) is 5.92 Å². The number of carboxylic acid groups (broad SMARTS) is 1. The van der Waals surface area contributed by atoms with Crippen LogP contribution < -0.4 is 5.32 Å². The maximum Gasteiger partial charge on any atom is 0.335 e. The summed E-state index contributed by atoms with van der Waals surface area (Å²) >= 11 is 0. The van der Waals surface area contributed by atoms with Crippen molar-refractivity contribution >= 4 is 11.9 Å². The maximum atomic E-state index is 12.2. The molecule has 1 fully saturated rings. The predicted octanol–water partition coefficient (Wildman–Crippen LogP) is 2.82. The van der Waals surface area contributed by atoms with Gasteiger partial charge in [0, 0.05) is 19.1 Å². The van der Waals surface area contributed by atoms with Crippen molar-refractivity contribution in [1.82, 2.24) is 5.32 Å². The zero-order valence-electron chi connectivity index (χ0n) is 13.9. The van der Waals surface area contributed by atoms with Crippen molar-refractivity contribution in [1.29, 1.82) is 0 Å². The van der Waals surface area contributed by atoms with Crippen LogP contribution in [0.5, 0.6) is 0 Å². The van der Waals surface area contributed by atoms with Crippen LogP contribution >= 0.6 is 0 Å². The molecule has 3 rings (SSSR count). The topological polar surface area (TPSA) is 75.6 Å². The molecule has 2 N–H and O–H groups in total. The first-order valence-corrected chi connectivity index (χ1v) is 8.39. The largest absolute Gasteiger partial charge is 0.478 e. The molecule has 5 heteroatoms. The molecular weight excluding hydrogens is 318 g/mol. The lowest BCUT2D eigenvalue weighted by atomic mass is 9.95. The molecule has 1 aliphatic heterocycles. The summed E-state index contributed by atoms with van der Waals surface area (Å²) in [5, 5.41) is 12.0. The molecule has 0 bridgehead atoms. The second kappa shape index (κ2) is 7.94. The molecule has 0 unspecified atom stereocenters. The van der Waals surface area contributed by atoms with Gasteiger partial charge in [0.25, 0.3) is 0 Å². The summed E-state index contributed by atoms with van der Waals surface area (Å²) in [5.74, 6) is -0.853. The lowest BCUT2D eigenvalue weighted by Gasteiger charge is -2.19. The van der Waals surface area contributed by atoms with Crippen molar-refractivity contribution in [3.05, 3.63) is 71.3 Å². The van der Waals surface area contributed by atoms with Gasteiger partial charge in [-0.15, -0.1) is 0 Å². The third kappa shape index (κ3) is 4.45. The molecule has 2 atom stereocenters. The summed E-state index contributed by atoms with van der Waals surface area (Å²) in [4.78, 5) is 23.2. The Morgan fingerprint density at radius 2 is 1.92 bits per heavy atom. The third-order valence-corrected chi connectivity index (χ3v) is 4.44. The molecule has 0 saturated carbocycles. The molecule has 5 nitrogen and oxygen atoms in total. The molecule has 0 spiro atoms. The molecule has 0 aliphatic carbocycles. The van der Waals surface area contributed by atoms with E-state index in [0.29, 0.717) is 18.7 Å². The fourth-order valence-corrected chi connectivity index (χ4v) is 3.16. The number of carbonyl (C=O) groups excluding carboxylic acids is 1. The Morgan fingerprint density at radius 1 is 1.12 bits per heavy atom.